The van der Waals surface area contributed by atoms with Gasteiger partial charge in [-0.15, -0.1) is 0 Å². The van der Waals surface area contributed by atoms with Crippen LogP contribution in [0.3, 0.4) is 0 Å². The van der Waals surface area contributed by atoms with Crippen molar-refractivity contribution in [1.82, 2.24) is 20.3 Å². The average molecular weight is 549 g/mol. The summed E-state index contributed by atoms with van der Waals surface area (Å²) in [6, 6.07) is 14.2. The summed E-state index contributed by atoms with van der Waals surface area (Å²) in [5.41, 5.74) is 6.18. The van der Waals surface area contributed by atoms with Crippen molar-refractivity contribution in [3.05, 3.63) is 80.0 Å². The Labute approximate surface area is 211 Å². The minimum atomic E-state index is -0.407. The fourth-order valence-electron chi connectivity index (χ4n) is 3.50. The predicted octanol–water partition coefficient (Wildman–Crippen LogP) is 5.75. The van der Waals surface area contributed by atoms with Gasteiger partial charge in [-0.25, -0.2) is 9.61 Å². The van der Waals surface area contributed by atoms with Crippen molar-refractivity contribution in [2.75, 3.05) is 10.7 Å². The van der Waals surface area contributed by atoms with Gasteiger partial charge in [0.1, 0.15) is 11.5 Å². The Morgan fingerprint density at radius 1 is 1.00 bits per heavy atom. The molecule has 0 saturated carbocycles. The van der Waals surface area contributed by atoms with Crippen LogP contribution in [0.1, 0.15) is 16.9 Å². The number of aromatic nitrogens is 4. The highest BCUT2D eigenvalue weighted by molar-refractivity contribution is 9.10. The number of nitrogens with one attached hydrogen (secondary N) is 2. The Bertz CT molecular complexity index is 1610. The number of hydrogen-bond acceptors (Lipinski definition) is 11. The summed E-state index contributed by atoms with van der Waals surface area (Å²) in [5.74, 6) is 1.57. The number of anilines is 3. The van der Waals surface area contributed by atoms with Crippen molar-refractivity contribution in [3.63, 3.8) is 0 Å². The highest BCUT2D eigenvalue weighted by atomic mass is 79.9. The SMILES string of the molecule is Cc1cc(C)c([N+](=O)[O-])cc1-c1ccc(/C=N/Nc2nc3nonc3nc2Nc2ccc(Br)cc2)o1. The third-order valence-electron chi connectivity index (χ3n) is 5.22. The number of hydrazone groups is 1. The molecule has 0 spiro atoms. The molecule has 2 aromatic carbocycles. The largest absolute Gasteiger partial charge is 0.455 e. The first-order chi connectivity index (χ1) is 17.4. The molecule has 5 rings (SSSR count). The first kappa shape index (κ1) is 23.1. The molecule has 0 radical (unpaired) electrons. The standard InChI is InChI=1S/C23H17BrN8O4/c1-12-9-13(2)18(32(33)34)10-17(12)19-8-7-16(35-19)11-25-29-21-20(26-15-5-3-14(24)4-6-15)27-22-23(28-21)31-36-30-22/h3-11H,1-2H3,(H,26,27,30)(H,28,29,31)/b25-11+. The van der Waals surface area contributed by atoms with E-state index in [0.717, 1.165) is 15.7 Å². The van der Waals surface area contributed by atoms with E-state index in [9.17, 15) is 10.1 Å². The molecular weight excluding hydrogens is 532 g/mol. The third kappa shape index (κ3) is 4.77. The van der Waals surface area contributed by atoms with Crippen molar-refractivity contribution in [1.29, 1.82) is 0 Å². The molecule has 0 unspecified atom stereocenters. The number of nitrogens with zero attached hydrogens (tertiary/aromatic N) is 6. The predicted molar refractivity (Wildman–Crippen MR) is 136 cm³/mol. The monoisotopic (exact) mass is 548 g/mol. The summed E-state index contributed by atoms with van der Waals surface area (Å²) in [4.78, 5) is 19.7. The van der Waals surface area contributed by atoms with Crippen LogP contribution in [0.25, 0.3) is 22.6 Å². The molecule has 180 valence electrons. The lowest BCUT2D eigenvalue weighted by molar-refractivity contribution is -0.385. The molecule has 36 heavy (non-hydrogen) atoms. The Kier molecular flexibility index (Phi) is 6.12. The van der Waals surface area contributed by atoms with E-state index in [4.69, 9.17) is 9.05 Å². The number of rotatable bonds is 7. The zero-order valence-corrected chi connectivity index (χ0v) is 20.5. The van der Waals surface area contributed by atoms with Gasteiger partial charge in [-0.05, 0) is 72.2 Å². The topological polar surface area (TPSA) is 157 Å². The van der Waals surface area contributed by atoms with Crippen LogP contribution in [0.15, 0.2) is 67.2 Å². The fraction of sp³-hybridized carbons (Fsp3) is 0.0870. The Morgan fingerprint density at radius 3 is 2.44 bits per heavy atom. The van der Waals surface area contributed by atoms with Gasteiger partial charge in [-0.3, -0.25) is 15.5 Å². The number of benzene rings is 2. The van der Waals surface area contributed by atoms with Crippen LogP contribution in [-0.2, 0) is 0 Å². The maximum atomic E-state index is 11.3. The molecule has 13 heteroatoms. The zero-order chi connectivity index (χ0) is 25.2. The maximum absolute atomic E-state index is 11.3. The summed E-state index contributed by atoms with van der Waals surface area (Å²) in [5, 5.41) is 26.2. The number of halogens is 1. The van der Waals surface area contributed by atoms with Gasteiger partial charge in [0.05, 0.1) is 11.1 Å². The average Bonchev–Trinajstić information content (AvgIpc) is 3.50. The molecule has 0 aliphatic heterocycles. The minimum absolute atomic E-state index is 0.0333. The van der Waals surface area contributed by atoms with Gasteiger partial charge in [-0.1, -0.05) is 15.9 Å². The van der Waals surface area contributed by atoms with E-state index in [-0.39, 0.29) is 22.8 Å². The molecule has 0 aliphatic rings. The minimum Gasteiger partial charge on any atom is -0.455 e. The number of nitro benzene ring substituents is 1. The van der Waals surface area contributed by atoms with Crippen LogP contribution in [0, 0.1) is 24.0 Å². The number of fused-ring (bicyclic) bond motifs is 1. The lowest BCUT2D eigenvalue weighted by atomic mass is 10.0. The first-order valence-corrected chi connectivity index (χ1v) is 11.3. The lowest BCUT2D eigenvalue weighted by Gasteiger charge is -2.09. The highest BCUT2D eigenvalue weighted by Gasteiger charge is 2.17. The third-order valence-corrected chi connectivity index (χ3v) is 5.74. The van der Waals surface area contributed by atoms with E-state index < -0.39 is 4.92 Å². The van der Waals surface area contributed by atoms with E-state index >= 15 is 0 Å². The van der Waals surface area contributed by atoms with E-state index in [1.165, 1.54) is 12.3 Å². The molecule has 12 nitrogen and oxygen atoms in total. The zero-order valence-electron chi connectivity index (χ0n) is 18.9. The van der Waals surface area contributed by atoms with Gasteiger partial charge >= 0.3 is 0 Å². The molecule has 0 aliphatic carbocycles. The van der Waals surface area contributed by atoms with E-state index in [1.54, 1.807) is 25.1 Å². The van der Waals surface area contributed by atoms with Crippen LogP contribution in [0.5, 0.6) is 0 Å². The number of aryl methyl sites for hydroxylation is 2. The molecular formula is C23H17BrN8O4. The molecule has 2 N–H and O–H groups in total. The smallest absolute Gasteiger partial charge is 0.273 e. The van der Waals surface area contributed by atoms with Crippen molar-refractivity contribution >= 4 is 56.4 Å². The quantitative estimate of drug-likeness (QED) is 0.145. The highest BCUT2D eigenvalue weighted by Crippen LogP contribution is 2.31. The molecule has 3 aromatic heterocycles. The molecule has 0 bridgehead atoms. The second-order valence-electron chi connectivity index (χ2n) is 7.75. The summed E-state index contributed by atoms with van der Waals surface area (Å²) < 4.78 is 11.5. The lowest BCUT2D eigenvalue weighted by Crippen LogP contribution is -2.03. The van der Waals surface area contributed by atoms with E-state index in [1.807, 2.05) is 31.2 Å². The van der Waals surface area contributed by atoms with Crippen LogP contribution in [-0.4, -0.2) is 31.4 Å². The van der Waals surface area contributed by atoms with Gasteiger partial charge in [0.15, 0.2) is 11.6 Å². The van der Waals surface area contributed by atoms with E-state index in [0.29, 0.717) is 28.5 Å². The van der Waals surface area contributed by atoms with Gasteiger partial charge in [0, 0.05) is 27.4 Å². The van der Waals surface area contributed by atoms with Gasteiger partial charge in [0.25, 0.3) is 5.69 Å². The van der Waals surface area contributed by atoms with Gasteiger partial charge in [-0.2, -0.15) is 10.1 Å². The van der Waals surface area contributed by atoms with Crippen LogP contribution in [0.2, 0.25) is 0 Å². The summed E-state index contributed by atoms with van der Waals surface area (Å²) in [6.07, 6.45) is 1.46. The molecule has 0 saturated heterocycles. The number of furan rings is 1. The fourth-order valence-corrected chi connectivity index (χ4v) is 3.76. The second-order valence-corrected chi connectivity index (χ2v) is 8.66. The van der Waals surface area contributed by atoms with Gasteiger partial charge in [0.2, 0.25) is 11.3 Å². The van der Waals surface area contributed by atoms with Gasteiger partial charge < -0.3 is 9.73 Å². The Hall–Kier alpha value is -4.65. The van der Waals surface area contributed by atoms with Crippen LogP contribution >= 0.6 is 15.9 Å². The van der Waals surface area contributed by atoms with Crippen molar-refractivity contribution in [2.24, 2.45) is 5.10 Å². The van der Waals surface area contributed by atoms with Crippen LogP contribution < -0.4 is 10.7 Å². The summed E-state index contributed by atoms with van der Waals surface area (Å²) >= 11 is 3.41. The van der Waals surface area contributed by atoms with E-state index in [2.05, 4.69) is 52.1 Å². The van der Waals surface area contributed by atoms with Crippen LogP contribution in [0.4, 0.5) is 23.0 Å². The summed E-state index contributed by atoms with van der Waals surface area (Å²) in [7, 11) is 0. The maximum Gasteiger partial charge on any atom is 0.273 e. The van der Waals surface area contributed by atoms with Crippen molar-refractivity contribution < 1.29 is 14.0 Å². The molecule has 0 atom stereocenters. The Morgan fingerprint density at radius 2 is 1.72 bits per heavy atom. The Balaban J connectivity index is 1.39. The molecule has 0 amide bonds. The summed E-state index contributed by atoms with van der Waals surface area (Å²) in [6.45, 7) is 3.58. The normalized spacial score (nSPS) is 11.3. The molecule has 3 heterocycles. The molecule has 5 aromatic rings. The first-order valence-electron chi connectivity index (χ1n) is 10.6. The second kappa shape index (κ2) is 9.54. The van der Waals surface area contributed by atoms with Crippen molar-refractivity contribution in [3.8, 4) is 11.3 Å². The number of nitro groups is 1. The number of hydrogen-bond donors (Lipinski definition) is 2. The molecule has 0 fully saturated rings. The van der Waals surface area contributed by atoms with Crippen molar-refractivity contribution in [2.45, 2.75) is 13.8 Å².